The molecule has 0 bridgehead atoms. The first-order valence-corrected chi connectivity index (χ1v) is 17.7. The van der Waals surface area contributed by atoms with Gasteiger partial charge in [-0.05, 0) is 6.42 Å². The zero-order chi connectivity index (χ0) is 29.8. The SMILES string of the molecule is CCCCCCCCCCCCCCCCCCCCCCCCCCCCNC(CCO)(C(=O)O)[N+](C)(C)C. The average molecular weight is 570 g/mol. The van der Waals surface area contributed by atoms with Gasteiger partial charge in [0.15, 0.2) is 0 Å². The molecule has 0 aromatic rings. The van der Waals surface area contributed by atoms with Crippen LogP contribution in [0.3, 0.4) is 0 Å². The van der Waals surface area contributed by atoms with Gasteiger partial charge >= 0.3 is 5.97 Å². The van der Waals surface area contributed by atoms with Gasteiger partial charge in [0, 0.05) is 6.54 Å². The quantitative estimate of drug-likeness (QED) is 0.0428. The van der Waals surface area contributed by atoms with Gasteiger partial charge in [-0.15, -0.1) is 0 Å². The number of nitrogens with one attached hydrogen (secondary N) is 1. The van der Waals surface area contributed by atoms with Gasteiger partial charge in [0.2, 0.25) is 0 Å². The van der Waals surface area contributed by atoms with Crippen LogP contribution < -0.4 is 5.32 Å². The van der Waals surface area contributed by atoms with E-state index in [1.165, 1.54) is 154 Å². The van der Waals surface area contributed by atoms with Gasteiger partial charge in [0.05, 0.1) is 34.2 Å². The zero-order valence-corrected chi connectivity index (χ0v) is 27.8. The Morgan fingerprint density at radius 2 is 0.825 bits per heavy atom. The van der Waals surface area contributed by atoms with Crippen molar-refractivity contribution in [3.63, 3.8) is 0 Å². The van der Waals surface area contributed by atoms with Gasteiger partial charge in [-0.1, -0.05) is 167 Å². The number of aliphatic hydroxyl groups is 1. The van der Waals surface area contributed by atoms with E-state index < -0.39 is 11.6 Å². The summed E-state index contributed by atoms with van der Waals surface area (Å²) in [5.41, 5.74) is -1.12. The largest absolute Gasteiger partial charge is 0.476 e. The van der Waals surface area contributed by atoms with Crippen molar-refractivity contribution in [3.05, 3.63) is 0 Å². The summed E-state index contributed by atoms with van der Waals surface area (Å²) >= 11 is 0. The minimum Gasteiger partial charge on any atom is -0.476 e. The molecule has 0 spiro atoms. The molecular weight excluding hydrogens is 496 g/mol. The number of carboxylic acid groups (broad SMARTS) is 1. The molecule has 0 aromatic heterocycles. The highest BCUT2D eigenvalue weighted by atomic mass is 16.4. The van der Waals surface area contributed by atoms with Gasteiger partial charge < -0.3 is 14.7 Å². The number of carboxylic acids is 1. The standard InChI is InChI=1S/C35H72N2O3/c1-5-6-7-8-9-10-11-12-13-14-15-16-17-18-19-20-21-22-23-24-25-26-27-28-29-30-32-36-35(31-33-38,34(39)40)37(2,3)4/h36,38H,5-33H2,1-4H3/p+1. The first-order valence-electron chi connectivity index (χ1n) is 17.7. The van der Waals surface area contributed by atoms with Crippen LogP contribution in [0.25, 0.3) is 0 Å². The van der Waals surface area contributed by atoms with E-state index in [2.05, 4.69) is 12.2 Å². The maximum Gasteiger partial charge on any atom is 0.382 e. The summed E-state index contributed by atoms with van der Waals surface area (Å²) in [4.78, 5) is 11.9. The average Bonchev–Trinajstić information content (AvgIpc) is 2.91. The van der Waals surface area contributed by atoms with E-state index in [1.54, 1.807) is 0 Å². The van der Waals surface area contributed by atoms with E-state index in [-0.39, 0.29) is 17.5 Å². The highest BCUT2D eigenvalue weighted by Gasteiger charge is 2.49. The third kappa shape index (κ3) is 21.1. The van der Waals surface area contributed by atoms with Crippen LogP contribution in [0.15, 0.2) is 0 Å². The number of aliphatic carboxylic acids is 1. The minimum atomic E-state index is -1.12. The van der Waals surface area contributed by atoms with Crippen molar-refractivity contribution in [1.29, 1.82) is 0 Å². The van der Waals surface area contributed by atoms with Crippen molar-refractivity contribution in [1.82, 2.24) is 5.32 Å². The van der Waals surface area contributed by atoms with Crippen LogP contribution in [-0.4, -0.2) is 60.6 Å². The van der Waals surface area contributed by atoms with E-state index in [9.17, 15) is 15.0 Å². The van der Waals surface area contributed by atoms with Crippen LogP contribution in [-0.2, 0) is 4.79 Å². The molecule has 0 amide bonds. The molecule has 0 saturated heterocycles. The molecule has 0 aromatic carbocycles. The minimum absolute atomic E-state index is 0.131. The fraction of sp³-hybridized carbons (Fsp3) is 0.971. The van der Waals surface area contributed by atoms with Crippen LogP contribution in [0.1, 0.15) is 180 Å². The lowest BCUT2D eigenvalue weighted by Gasteiger charge is -2.43. The number of hydrogen-bond donors (Lipinski definition) is 3. The summed E-state index contributed by atoms with van der Waals surface area (Å²) < 4.78 is 0.252. The second-order valence-corrected chi connectivity index (χ2v) is 13.4. The fourth-order valence-corrected chi connectivity index (χ4v) is 6.03. The topological polar surface area (TPSA) is 69.6 Å². The molecule has 0 saturated carbocycles. The summed E-state index contributed by atoms with van der Waals surface area (Å²) in [7, 11) is 5.62. The van der Waals surface area contributed by atoms with Crippen molar-refractivity contribution in [2.45, 2.75) is 186 Å². The van der Waals surface area contributed by atoms with E-state index in [4.69, 9.17) is 0 Å². The molecule has 5 nitrogen and oxygen atoms in total. The second kappa shape index (κ2) is 27.2. The zero-order valence-electron chi connectivity index (χ0n) is 27.8. The van der Waals surface area contributed by atoms with Gasteiger partial charge in [-0.2, -0.15) is 0 Å². The molecule has 40 heavy (non-hydrogen) atoms. The predicted molar refractivity (Wildman–Crippen MR) is 174 cm³/mol. The highest BCUT2D eigenvalue weighted by molar-refractivity contribution is 5.76. The number of hydrogen-bond acceptors (Lipinski definition) is 3. The van der Waals surface area contributed by atoms with Gasteiger partial charge in [0.1, 0.15) is 0 Å². The molecule has 3 N–H and O–H groups in total. The molecule has 5 heteroatoms. The maximum absolute atomic E-state index is 11.9. The fourth-order valence-electron chi connectivity index (χ4n) is 6.03. The molecule has 0 radical (unpaired) electrons. The Morgan fingerprint density at radius 1 is 0.550 bits per heavy atom. The van der Waals surface area contributed by atoms with Crippen LogP contribution >= 0.6 is 0 Å². The summed E-state index contributed by atoms with van der Waals surface area (Å²) in [6.07, 6.45) is 36.3. The first-order chi connectivity index (χ1) is 19.3. The Bertz CT molecular complexity index is 549. The lowest BCUT2D eigenvalue weighted by molar-refractivity contribution is -0.918. The van der Waals surface area contributed by atoms with Crippen molar-refractivity contribution < 1.29 is 19.5 Å². The number of aliphatic hydroxyl groups excluding tert-OH is 1. The molecule has 0 aliphatic heterocycles. The molecule has 0 aliphatic carbocycles. The Kier molecular flexibility index (Phi) is 26.8. The summed E-state index contributed by atoms with van der Waals surface area (Å²) in [6.45, 7) is 2.85. The van der Waals surface area contributed by atoms with E-state index in [1.807, 2.05) is 21.1 Å². The van der Waals surface area contributed by atoms with Crippen LogP contribution in [0.4, 0.5) is 0 Å². The number of quaternary nitrogens is 1. The Hall–Kier alpha value is -0.650. The molecule has 0 aliphatic rings. The smallest absolute Gasteiger partial charge is 0.382 e. The molecule has 0 rings (SSSR count). The van der Waals surface area contributed by atoms with Crippen molar-refractivity contribution in [3.8, 4) is 0 Å². The Labute approximate surface area is 250 Å². The third-order valence-electron chi connectivity index (χ3n) is 8.92. The maximum atomic E-state index is 11.9. The van der Waals surface area contributed by atoms with Crippen LogP contribution in [0.5, 0.6) is 0 Å². The van der Waals surface area contributed by atoms with E-state index in [0.717, 1.165) is 12.8 Å². The van der Waals surface area contributed by atoms with Gasteiger partial charge in [0.25, 0.3) is 5.66 Å². The summed E-state index contributed by atoms with van der Waals surface area (Å²) in [5, 5.41) is 22.5. The van der Waals surface area contributed by atoms with Crippen molar-refractivity contribution in [2.75, 3.05) is 34.3 Å². The lowest BCUT2D eigenvalue weighted by atomic mass is 10.0. The van der Waals surface area contributed by atoms with Gasteiger partial charge in [-0.3, -0.25) is 5.32 Å². The highest BCUT2D eigenvalue weighted by Crippen LogP contribution is 2.21. The van der Waals surface area contributed by atoms with Crippen molar-refractivity contribution in [2.24, 2.45) is 0 Å². The van der Waals surface area contributed by atoms with E-state index in [0.29, 0.717) is 6.54 Å². The number of unbranched alkanes of at least 4 members (excludes halogenated alkanes) is 25. The molecule has 0 fully saturated rings. The number of nitrogens with zero attached hydrogens (tertiary/aromatic N) is 1. The molecular formula is C35H73N2O3+. The Morgan fingerprint density at radius 3 is 1.05 bits per heavy atom. The summed E-state index contributed by atoms with van der Waals surface area (Å²) in [6, 6.07) is 0. The van der Waals surface area contributed by atoms with E-state index >= 15 is 0 Å². The third-order valence-corrected chi connectivity index (χ3v) is 8.92. The summed E-state index contributed by atoms with van der Waals surface area (Å²) in [5.74, 6) is -0.885. The monoisotopic (exact) mass is 570 g/mol. The van der Waals surface area contributed by atoms with Crippen LogP contribution in [0.2, 0.25) is 0 Å². The van der Waals surface area contributed by atoms with Crippen LogP contribution in [0, 0.1) is 0 Å². The first kappa shape index (κ1) is 39.4. The molecule has 0 heterocycles. The number of carbonyl (C=O) groups is 1. The molecule has 1 atom stereocenters. The number of rotatable bonds is 32. The van der Waals surface area contributed by atoms with Gasteiger partial charge in [-0.25, -0.2) is 4.79 Å². The molecule has 1 unspecified atom stereocenters. The van der Waals surface area contributed by atoms with Crippen molar-refractivity contribution >= 4 is 5.97 Å². The number of likely N-dealkylation sites (N-methyl/N-ethyl adjacent to an activating group) is 1. The lowest BCUT2D eigenvalue weighted by Crippen LogP contribution is -2.70. The normalized spacial score (nSPS) is 13.5. The predicted octanol–water partition coefficient (Wildman–Crippen LogP) is 9.61. The second-order valence-electron chi connectivity index (χ2n) is 13.4. The Balaban J connectivity index is 3.37. The molecule has 240 valence electrons.